The number of non-ortho nitro benzene ring substituents is 1. The minimum Gasteiger partial charge on any atom is -0.493 e. The average Bonchev–Trinajstić information content (AvgIpc) is 2.41. The second-order valence-corrected chi connectivity index (χ2v) is 4.90. The Morgan fingerprint density at radius 2 is 2.10 bits per heavy atom. The van der Waals surface area contributed by atoms with Crippen LogP contribution in [0.1, 0.15) is 19.8 Å². The highest BCUT2D eigenvalue weighted by molar-refractivity contribution is 5.56. The Hall–Kier alpha value is -1.82. The zero-order valence-electron chi connectivity index (χ0n) is 12.4. The number of rotatable bonds is 9. The maximum absolute atomic E-state index is 10.9. The molecule has 0 saturated heterocycles. The number of hydrogen-bond donors (Lipinski definition) is 1. The van der Waals surface area contributed by atoms with Gasteiger partial charge in [-0.15, -0.1) is 0 Å². The highest BCUT2D eigenvalue weighted by Crippen LogP contribution is 2.26. The van der Waals surface area contributed by atoms with Crippen LogP contribution in [0.15, 0.2) is 18.2 Å². The normalized spacial score (nSPS) is 10.6. The number of nitrogens with one attached hydrogen (secondary N) is 1. The van der Waals surface area contributed by atoms with Gasteiger partial charge in [-0.2, -0.15) is 0 Å². The largest absolute Gasteiger partial charge is 0.493 e. The third kappa shape index (κ3) is 5.88. The Morgan fingerprint density at radius 1 is 1.35 bits per heavy atom. The van der Waals surface area contributed by atoms with Gasteiger partial charge in [0.25, 0.3) is 5.69 Å². The van der Waals surface area contributed by atoms with Gasteiger partial charge in [-0.3, -0.25) is 10.1 Å². The summed E-state index contributed by atoms with van der Waals surface area (Å²) < 4.78 is 5.60. The molecular formula is C14H23N3O3. The lowest BCUT2D eigenvalue weighted by molar-refractivity contribution is -0.384. The summed E-state index contributed by atoms with van der Waals surface area (Å²) in [5.41, 5.74) is 0.775. The first-order valence-electron chi connectivity index (χ1n) is 6.83. The van der Waals surface area contributed by atoms with E-state index in [9.17, 15) is 10.1 Å². The van der Waals surface area contributed by atoms with Crippen molar-refractivity contribution in [1.29, 1.82) is 0 Å². The molecule has 0 heterocycles. The second-order valence-electron chi connectivity index (χ2n) is 4.90. The van der Waals surface area contributed by atoms with Crippen molar-refractivity contribution in [3.63, 3.8) is 0 Å². The van der Waals surface area contributed by atoms with Crippen LogP contribution in [-0.4, -0.2) is 43.6 Å². The molecule has 0 radical (unpaired) electrons. The van der Waals surface area contributed by atoms with E-state index in [2.05, 4.69) is 10.2 Å². The molecule has 0 saturated carbocycles. The molecule has 1 N–H and O–H groups in total. The van der Waals surface area contributed by atoms with E-state index < -0.39 is 4.92 Å². The number of benzene rings is 1. The lowest BCUT2D eigenvalue weighted by Crippen LogP contribution is -2.15. The molecular weight excluding hydrogens is 258 g/mol. The Morgan fingerprint density at radius 3 is 2.70 bits per heavy atom. The van der Waals surface area contributed by atoms with Crippen molar-refractivity contribution in [1.82, 2.24) is 4.90 Å². The van der Waals surface area contributed by atoms with Crippen LogP contribution < -0.4 is 10.1 Å². The summed E-state index contributed by atoms with van der Waals surface area (Å²) in [6.07, 6.45) is 1.84. The minimum atomic E-state index is -0.399. The summed E-state index contributed by atoms with van der Waals surface area (Å²) in [5.74, 6) is 0.538. The van der Waals surface area contributed by atoms with Gasteiger partial charge in [0.05, 0.1) is 17.6 Å². The monoisotopic (exact) mass is 281 g/mol. The Kier molecular flexibility index (Phi) is 6.79. The van der Waals surface area contributed by atoms with Crippen molar-refractivity contribution in [2.75, 3.05) is 39.1 Å². The van der Waals surface area contributed by atoms with Gasteiger partial charge < -0.3 is 15.0 Å². The SMILES string of the molecule is CCCNc1cc(OCCCN(C)C)cc([N+](=O)[O-])c1. The summed E-state index contributed by atoms with van der Waals surface area (Å²) in [5, 5.41) is 14.1. The van der Waals surface area contributed by atoms with Crippen molar-refractivity contribution in [2.45, 2.75) is 19.8 Å². The van der Waals surface area contributed by atoms with Crippen LogP contribution >= 0.6 is 0 Å². The molecule has 1 rings (SSSR count). The Balaban J connectivity index is 2.67. The minimum absolute atomic E-state index is 0.0497. The van der Waals surface area contributed by atoms with Gasteiger partial charge in [0.1, 0.15) is 5.75 Å². The van der Waals surface area contributed by atoms with Gasteiger partial charge in [0.15, 0.2) is 0 Å². The van der Waals surface area contributed by atoms with E-state index in [4.69, 9.17) is 4.74 Å². The first-order valence-corrected chi connectivity index (χ1v) is 6.83. The van der Waals surface area contributed by atoms with Crippen molar-refractivity contribution < 1.29 is 9.66 Å². The summed E-state index contributed by atoms with van der Waals surface area (Å²) in [4.78, 5) is 12.6. The van der Waals surface area contributed by atoms with Crippen LogP contribution in [-0.2, 0) is 0 Å². The first-order chi connectivity index (χ1) is 9.52. The summed E-state index contributed by atoms with van der Waals surface area (Å²) in [6, 6.07) is 4.80. The topological polar surface area (TPSA) is 67.6 Å². The first kappa shape index (κ1) is 16.2. The number of anilines is 1. The second kappa shape index (κ2) is 8.37. The van der Waals surface area contributed by atoms with Crippen molar-refractivity contribution in [3.05, 3.63) is 28.3 Å². The molecule has 0 aliphatic heterocycles. The Labute approximate surface area is 119 Å². The van der Waals surface area contributed by atoms with Gasteiger partial charge in [0.2, 0.25) is 0 Å². The maximum atomic E-state index is 10.9. The van der Waals surface area contributed by atoms with Crippen molar-refractivity contribution in [3.8, 4) is 5.75 Å². The smallest absolute Gasteiger partial charge is 0.275 e. The molecule has 1 aromatic rings. The van der Waals surface area contributed by atoms with Crippen LogP contribution in [0.25, 0.3) is 0 Å². The maximum Gasteiger partial charge on any atom is 0.275 e. The number of hydrogen-bond acceptors (Lipinski definition) is 5. The van der Waals surface area contributed by atoms with E-state index in [-0.39, 0.29) is 5.69 Å². The number of nitro benzene ring substituents is 1. The van der Waals surface area contributed by atoms with Crippen LogP contribution in [0.4, 0.5) is 11.4 Å². The zero-order valence-corrected chi connectivity index (χ0v) is 12.4. The standard InChI is InChI=1S/C14H23N3O3/c1-4-6-15-12-9-13(17(18)19)11-14(10-12)20-8-5-7-16(2)3/h9-11,15H,4-8H2,1-3H3. The number of ether oxygens (including phenoxy) is 1. The van der Waals surface area contributed by atoms with E-state index in [0.717, 1.165) is 31.6 Å². The average molecular weight is 281 g/mol. The lowest BCUT2D eigenvalue weighted by atomic mass is 10.2. The number of nitrogens with zero attached hydrogens (tertiary/aromatic N) is 2. The fourth-order valence-electron chi connectivity index (χ4n) is 1.71. The molecule has 0 unspecified atom stereocenters. The van der Waals surface area contributed by atoms with Crippen LogP contribution in [0, 0.1) is 10.1 Å². The molecule has 1 aromatic carbocycles. The number of nitro groups is 1. The zero-order chi connectivity index (χ0) is 15.0. The van der Waals surface area contributed by atoms with Crippen LogP contribution in [0.2, 0.25) is 0 Å². The summed E-state index contributed by atoms with van der Waals surface area (Å²) >= 11 is 0. The molecule has 112 valence electrons. The lowest BCUT2D eigenvalue weighted by Gasteiger charge is -2.11. The van der Waals surface area contributed by atoms with E-state index >= 15 is 0 Å². The third-order valence-corrected chi connectivity index (χ3v) is 2.70. The van der Waals surface area contributed by atoms with Crippen LogP contribution in [0.5, 0.6) is 5.75 Å². The van der Waals surface area contributed by atoms with E-state index in [1.807, 2.05) is 21.0 Å². The third-order valence-electron chi connectivity index (χ3n) is 2.70. The van der Waals surface area contributed by atoms with Gasteiger partial charge >= 0.3 is 0 Å². The van der Waals surface area contributed by atoms with E-state index in [1.54, 1.807) is 6.07 Å². The van der Waals surface area contributed by atoms with Gasteiger partial charge in [0, 0.05) is 30.9 Å². The molecule has 0 aliphatic carbocycles. The molecule has 0 fully saturated rings. The van der Waals surface area contributed by atoms with E-state index in [1.165, 1.54) is 12.1 Å². The molecule has 6 nitrogen and oxygen atoms in total. The highest BCUT2D eigenvalue weighted by atomic mass is 16.6. The Bertz CT molecular complexity index is 436. The fraction of sp³-hybridized carbons (Fsp3) is 0.571. The predicted molar refractivity (Wildman–Crippen MR) is 80.5 cm³/mol. The van der Waals surface area contributed by atoms with Crippen molar-refractivity contribution in [2.24, 2.45) is 0 Å². The van der Waals surface area contributed by atoms with E-state index in [0.29, 0.717) is 12.4 Å². The summed E-state index contributed by atoms with van der Waals surface area (Å²) in [7, 11) is 4.00. The molecule has 0 aliphatic rings. The molecule has 0 atom stereocenters. The molecule has 20 heavy (non-hydrogen) atoms. The van der Waals surface area contributed by atoms with Gasteiger partial charge in [-0.1, -0.05) is 6.92 Å². The fourth-order valence-corrected chi connectivity index (χ4v) is 1.71. The van der Waals surface area contributed by atoms with Crippen LogP contribution in [0.3, 0.4) is 0 Å². The quantitative estimate of drug-likeness (QED) is 0.428. The van der Waals surface area contributed by atoms with Gasteiger partial charge in [-0.05, 0) is 26.9 Å². The van der Waals surface area contributed by atoms with Gasteiger partial charge in [-0.25, -0.2) is 0 Å². The molecule has 0 amide bonds. The molecule has 6 heteroatoms. The predicted octanol–water partition coefficient (Wildman–Crippen LogP) is 2.75. The summed E-state index contributed by atoms with van der Waals surface area (Å²) in [6.45, 7) is 4.30. The molecule has 0 aromatic heterocycles. The molecule has 0 bridgehead atoms. The highest BCUT2D eigenvalue weighted by Gasteiger charge is 2.10. The van der Waals surface area contributed by atoms with Crippen molar-refractivity contribution >= 4 is 11.4 Å². The molecule has 0 spiro atoms.